The van der Waals surface area contributed by atoms with Crippen molar-refractivity contribution in [2.75, 3.05) is 13.7 Å². The first-order valence-electron chi connectivity index (χ1n) is 7.78. The number of allylic oxidation sites excluding steroid dienone is 1. The van der Waals surface area contributed by atoms with Crippen molar-refractivity contribution >= 4 is 23.7 Å². The molecule has 2 aromatic rings. The Morgan fingerprint density at radius 1 is 1.19 bits per heavy atom. The van der Waals surface area contributed by atoms with E-state index < -0.39 is 23.2 Å². The zero-order valence-corrected chi connectivity index (χ0v) is 14.4. The number of aromatic nitrogens is 1. The molecule has 2 N–H and O–H groups in total. The lowest BCUT2D eigenvalue weighted by molar-refractivity contribution is -0.139. The Labute approximate surface area is 149 Å². The van der Waals surface area contributed by atoms with Crippen LogP contribution < -0.4 is 10.9 Å². The first kappa shape index (κ1) is 18.9. The quantitative estimate of drug-likeness (QED) is 0.464. The number of benzene rings is 1. The highest BCUT2D eigenvalue weighted by atomic mass is 16.5. The van der Waals surface area contributed by atoms with Crippen LogP contribution in [-0.4, -0.2) is 36.3 Å². The van der Waals surface area contributed by atoms with Gasteiger partial charge in [-0.1, -0.05) is 18.2 Å². The first-order chi connectivity index (χ1) is 12.4. The molecule has 7 nitrogen and oxygen atoms in total. The van der Waals surface area contributed by atoms with E-state index in [-0.39, 0.29) is 12.1 Å². The number of rotatable bonds is 6. The Balaban J connectivity index is 2.11. The molecule has 7 heteroatoms. The molecule has 0 spiro atoms. The molecule has 0 aliphatic rings. The minimum atomic E-state index is -0.552. The summed E-state index contributed by atoms with van der Waals surface area (Å²) >= 11 is 0. The summed E-state index contributed by atoms with van der Waals surface area (Å²) < 4.78 is 4.45. The maximum atomic E-state index is 12.1. The largest absolute Gasteiger partial charge is 0.468 e. The van der Waals surface area contributed by atoms with Gasteiger partial charge in [-0.15, -0.1) is 0 Å². The van der Waals surface area contributed by atoms with E-state index in [0.717, 1.165) is 0 Å². The van der Waals surface area contributed by atoms with E-state index in [4.69, 9.17) is 0 Å². The number of hydrogen-bond donors (Lipinski definition) is 2. The van der Waals surface area contributed by atoms with Crippen molar-refractivity contribution < 1.29 is 19.1 Å². The third kappa shape index (κ3) is 5.01. The van der Waals surface area contributed by atoms with Crippen LogP contribution >= 0.6 is 0 Å². The Hall–Kier alpha value is -3.48. The van der Waals surface area contributed by atoms with Gasteiger partial charge < -0.3 is 15.0 Å². The number of H-pyrrole nitrogens is 1. The van der Waals surface area contributed by atoms with Crippen molar-refractivity contribution in [2.24, 2.45) is 0 Å². The lowest BCUT2D eigenvalue weighted by Crippen LogP contribution is -2.30. The number of ketones is 1. The maximum absolute atomic E-state index is 12.1. The highest BCUT2D eigenvalue weighted by molar-refractivity contribution is 6.06. The van der Waals surface area contributed by atoms with Crippen molar-refractivity contribution in [3.05, 3.63) is 75.2 Å². The number of hydrogen-bond acceptors (Lipinski definition) is 5. The molecule has 0 fully saturated rings. The van der Waals surface area contributed by atoms with Gasteiger partial charge in [0.05, 0.1) is 12.7 Å². The van der Waals surface area contributed by atoms with E-state index >= 15 is 0 Å². The minimum absolute atomic E-state index is 0.0406. The fraction of sp³-hybridized carbons (Fsp3) is 0.158. The van der Waals surface area contributed by atoms with Crippen LogP contribution in [0.3, 0.4) is 0 Å². The van der Waals surface area contributed by atoms with Crippen LogP contribution in [0.5, 0.6) is 0 Å². The Morgan fingerprint density at radius 2 is 1.96 bits per heavy atom. The molecule has 0 atom stereocenters. The number of carbonyl (C=O) groups is 3. The van der Waals surface area contributed by atoms with Crippen molar-refractivity contribution in [1.82, 2.24) is 10.3 Å². The summed E-state index contributed by atoms with van der Waals surface area (Å²) in [5.41, 5.74) is 1.19. The first-order valence-corrected chi connectivity index (χ1v) is 7.78. The summed E-state index contributed by atoms with van der Waals surface area (Å²) in [6.07, 6.45) is 2.78. The SMILES string of the molecule is COC(=O)CNC(=O)c1cccc(C=CC(=O)c2ccc(C)[nH]c2=O)c1. The average Bonchev–Trinajstić information content (AvgIpc) is 2.64. The molecule has 0 aliphatic heterocycles. The predicted octanol–water partition coefficient (Wildman–Crippen LogP) is 1.48. The summed E-state index contributed by atoms with van der Waals surface area (Å²) in [5.74, 6) is -1.43. The van der Waals surface area contributed by atoms with Gasteiger partial charge >= 0.3 is 5.97 Å². The molecule has 1 amide bonds. The number of aryl methyl sites for hydroxylation is 1. The van der Waals surface area contributed by atoms with E-state index in [9.17, 15) is 19.2 Å². The van der Waals surface area contributed by atoms with Gasteiger partial charge in [-0.3, -0.25) is 19.2 Å². The highest BCUT2D eigenvalue weighted by Crippen LogP contribution is 2.08. The summed E-state index contributed by atoms with van der Waals surface area (Å²) in [5, 5.41) is 2.43. The molecule has 26 heavy (non-hydrogen) atoms. The molecule has 0 aliphatic carbocycles. The molecular formula is C19H18N2O5. The van der Waals surface area contributed by atoms with Gasteiger partial charge in [0.25, 0.3) is 11.5 Å². The Bertz CT molecular complexity index is 928. The van der Waals surface area contributed by atoms with Crippen LogP contribution in [0, 0.1) is 6.92 Å². The third-order valence-electron chi connectivity index (χ3n) is 3.52. The maximum Gasteiger partial charge on any atom is 0.325 e. The van der Waals surface area contributed by atoms with E-state index in [2.05, 4.69) is 15.0 Å². The monoisotopic (exact) mass is 354 g/mol. The van der Waals surface area contributed by atoms with E-state index in [1.807, 2.05) is 0 Å². The van der Waals surface area contributed by atoms with E-state index in [0.29, 0.717) is 16.8 Å². The fourth-order valence-electron chi connectivity index (χ4n) is 2.14. The molecule has 0 saturated heterocycles. The van der Waals surface area contributed by atoms with Gasteiger partial charge in [0.1, 0.15) is 6.54 Å². The van der Waals surface area contributed by atoms with Crippen molar-refractivity contribution in [3.8, 4) is 0 Å². The number of nitrogens with one attached hydrogen (secondary N) is 2. The number of esters is 1. The van der Waals surface area contributed by atoms with Gasteiger partial charge in [0.15, 0.2) is 5.78 Å². The molecule has 0 saturated carbocycles. The van der Waals surface area contributed by atoms with E-state index in [1.54, 1.807) is 37.3 Å². The number of aromatic amines is 1. The lowest BCUT2D eigenvalue weighted by atomic mass is 10.1. The molecule has 1 aromatic carbocycles. The normalized spacial score (nSPS) is 10.5. The van der Waals surface area contributed by atoms with Crippen LogP contribution in [0.2, 0.25) is 0 Å². The standard InChI is InChI=1S/C19H18N2O5/c1-12-6-8-15(19(25)21-12)16(22)9-7-13-4-3-5-14(10-13)18(24)20-11-17(23)26-2/h3-10H,11H2,1-2H3,(H,20,24)(H,21,25). The summed E-state index contributed by atoms with van der Waals surface area (Å²) in [7, 11) is 1.23. The van der Waals surface area contributed by atoms with Gasteiger partial charge in [-0.2, -0.15) is 0 Å². The van der Waals surface area contributed by atoms with Crippen LogP contribution in [0.15, 0.2) is 47.3 Å². The minimum Gasteiger partial charge on any atom is -0.468 e. The van der Waals surface area contributed by atoms with Crippen molar-refractivity contribution in [1.29, 1.82) is 0 Å². The zero-order valence-electron chi connectivity index (χ0n) is 14.4. The van der Waals surface area contributed by atoms with E-state index in [1.165, 1.54) is 25.3 Å². The number of ether oxygens (including phenoxy) is 1. The lowest BCUT2D eigenvalue weighted by Gasteiger charge is -2.04. The molecule has 0 bridgehead atoms. The molecular weight excluding hydrogens is 336 g/mol. The van der Waals surface area contributed by atoms with Crippen LogP contribution in [0.1, 0.15) is 32.0 Å². The van der Waals surface area contributed by atoms with Gasteiger partial charge in [0, 0.05) is 11.3 Å². The average molecular weight is 354 g/mol. The van der Waals surface area contributed by atoms with Gasteiger partial charge in [0.2, 0.25) is 0 Å². The van der Waals surface area contributed by atoms with Gasteiger partial charge in [-0.05, 0) is 42.8 Å². The van der Waals surface area contributed by atoms with Crippen LogP contribution in [0.4, 0.5) is 0 Å². The number of carbonyl (C=O) groups excluding carboxylic acids is 3. The molecule has 1 aromatic heterocycles. The summed E-state index contributed by atoms with van der Waals surface area (Å²) in [6, 6.07) is 9.62. The Kier molecular flexibility index (Phi) is 6.21. The van der Waals surface area contributed by atoms with Crippen molar-refractivity contribution in [3.63, 3.8) is 0 Å². The molecule has 0 unspecified atom stereocenters. The second kappa shape index (κ2) is 8.57. The number of amides is 1. The zero-order chi connectivity index (χ0) is 19.1. The predicted molar refractivity (Wildman–Crippen MR) is 96.0 cm³/mol. The molecule has 1 heterocycles. The second-order valence-electron chi connectivity index (χ2n) is 5.47. The molecule has 134 valence electrons. The van der Waals surface area contributed by atoms with Crippen LogP contribution in [0.25, 0.3) is 6.08 Å². The van der Waals surface area contributed by atoms with Gasteiger partial charge in [-0.25, -0.2) is 0 Å². The Morgan fingerprint density at radius 3 is 2.65 bits per heavy atom. The van der Waals surface area contributed by atoms with Crippen molar-refractivity contribution in [2.45, 2.75) is 6.92 Å². The summed E-state index contributed by atoms with van der Waals surface area (Å²) in [4.78, 5) is 49.6. The highest BCUT2D eigenvalue weighted by Gasteiger charge is 2.09. The second-order valence-corrected chi connectivity index (χ2v) is 5.47. The molecule has 2 rings (SSSR count). The third-order valence-corrected chi connectivity index (χ3v) is 3.52. The smallest absolute Gasteiger partial charge is 0.325 e. The summed E-state index contributed by atoms with van der Waals surface area (Å²) in [6.45, 7) is 1.49. The fourth-order valence-corrected chi connectivity index (χ4v) is 2.14. The number of methoxy groups -OCH3 is 1. The topological polar surface area (TPSA) is 105 Å². The van der Waals surface area contributed by atoms with Crippen LogP contribution in [-0.2, 0) is 9.53 Å². The number of pyridine rings is 1. The molecule has 0 radical (unpaired) electrons.